The van der Waals surface area contributed by atoms with Gasteiger partial charge in [0.15, 0.2) is 5.58 Å². The molecule has 0 bridgehead atoms. The summed E-state index contributed by atoms with van der Waals surface area (Å²) in [6.45, 7) is 1.92. The smallest absolute Gasteiger partial charge is 0.300 e. The van der Waals surface area contributed by atoms with Crippen molar-refractivity contribution in [1.82, 2.24) is 14.8 Å². The van der Waals surface area contributed by atoms with Crippen LogP contribution >= 0.6 is 0 Å². The Kier molecular flexibility index (Phi) is 2.22. The molecule has 2 heterocycles. The number of aryl methyl sites for hydroxylation is 2. The maximum absolute atomic E-state index is 5.83. The summed E-state index contributed by atoms with van der Waals surface area (Å²) in [6, 6.07) is 5.88. The van der Waals surface area contributed by atoms with Gasteiger partial charge in [0.2, 0.25) is 0 Å². The number of nitrogen functional groups attached to an aromatic ring is 1. The van der Waals surface area contributed by atoms with E-state index < -0.39 is 0 Å². The van der Waals surface area contributed by atoms with Crippen molar-refractivity contribution in [3.05, 3.63) is 30.1 Å². The number of nitrogens with zero attached hydrogens (tertiary/aromatic N) is 3. The summed E-state index contributed by atoms with van der Waals surface area (Å²) < 4.78 is 7.31. The first kappa shape index (κ1) is 10.6. The van der Waals surface area contributed by atoms with Gasteiger partial charge in [0.1, 0.15) is 5.52 Å². The van der Waals surface area contributed by atoms with E-state index in [0.29, 0.717) is 22.8 Å². The lowest BCUT2D eigenvalue weighted by atomic mass is 10.3. The maximum atomic E-state index is 5.83. The molecule has 92 valence electrons. The number of hydrogen-bond donors (Lipinski definition) is 2. The number of hydrogen-bond acceptors (Lipinski definition) is 5. The highest BCUT2D eigenvalue weighted by molar-refractivity contribution is 5.86. The van der Waals surface area contributed by atoms with E-state index >= 15 is 0 Å². The zero-order chi connectivity index (χ0) is 12.7. The van der Waals surface area contributed by atoms with E-state index in [4.69, 9.17) is 10.2 Å². The molecule has 0 aliphatic rings. The van der Waals surface area contributed by atoms with Gasteiger partial charge in [-0.1, -0.05) is 6.07 Å². The Balaban J connectivity index is 2.00. The molecule has 0 aliphatic heterocycles. The van der Waals surface area contributed by atoms with E-state index in [9.17, 15) is 0 Å². The number of para-hydroxylation sites is 1. The fourth-order valence-corrected chi connectivity index (χ4v) is 1.86. The summed E-state index contributed by atoms with van der Waals surface area (Å²) in [4.78, 5) is 4.32. The van der Waals surface area contributed by atoms with E-state index in [1.54, 1.807) is 10.7 Å². The van der Waals surface area contributed by atoms with Crippen LogP contribution in [0.25, 0.3) is 11.1 Å². The minimum atomic E-state index is 0.416. The highest BCUT2D eigenvalue weighted by Crippen LogP contribution is 2.26. The number of anilines is 3. The van der Waals surface area contributed by atoms with Crippen LogP contribution in [0, 0.1) is 6.92 Å². The molecule has 3 rings (SSSR count). The molecule has 6 heteroatoms. The van der Waals surface area contributed by atoms with Crippen molar-refractivity contribution in [2.24, 2.45) is 7.05 Å². The minimum absolute atomic E-state index is 0.416. The van der Waals surface area contributed by atoms with Gasteiger partial charge in [-0.25, -0.2) is 0 Å². The monoisotopic (exact) mass is 243 g/mol. The van der Waals surface area contributed by atoms with Gasteiger partial charge in [0, 0.05) is 13.2 Å². The van der Waals surface area contributed by atoms with Crippen LogP contribution in [0.15, 0.2) is 28.8 Å². The predicted octanol–water partition coefficient (Wildman–Crippen LogP) is 2.20. The van der Waals surface area contributed by atoms with Crippen LogP contribution in [0.3, 0.4) is 0 Å². The zero-order valence-corrected chi connectivity index (χ0v) is 10.1. The van der Waals surface area contributed by atoms with Gasteiger partial charge in [0.05, 0.1) is 17.1 Å². The van der Waals surface area contributed by atoms with E-state index in [2.05, 4.69) is 15.4 Å². The van der Waals surface area contributed by atoms with Crippen LogP contribution in [-0.4, -0.2) is 14.8 Å². The summed E-state index contributed by atoms with van der Waals surface area (Å²) >= 11 is 0. The Hall–Kier alpha value is -2.50. The summed E-state index contributed by atoms with van der Waals surface area (Å²) in [5.41, 5.74) is 9.51. The van der Waals surface area contributed by atoms with Gasteiger partial charge in [-0.05, 0) is 19.1 Å². The molecular formula is C12H13N5O. The summed E-state index contributed by atoms with van der Waals surface area (Å²) in [7, 11) is 1.86. The number of oxazole rings is 1. The molecule has 0 fully saturated rings. The molecule has 0 unspecified atom stereocenters. The van der Waals surface area contributed by atoms with Crippen molar-refractivity contribution in [3.8, 4) is 0 Å². The number of rotatable bonds is 2. The first-order valence-corrected chi connectivity index (χ1v) is 5.56. The van der Waals surface area contributed by atoms with E-state index in [1.165, 1.54) is 0 Å². The molecule has 3 aromatic rings. The van der Waals surface area contributed by atoms with Gasteiger partial charge in [-0.2, -0.15) is 10.1 Å². The van der Waals surface area contributed by atoms with Crippen LogP contribution in [0.5, 0.6) is 0 Å². The number of benzene rings is 1. The van der Waals surface area contributed by atoms with Gasteiger partial charge in [-0.15, -0.1) is 0 Å². The summed E-state index contributed by atoms with van der Waals surface area (Å²) in [6.07, 6.45) is 1.87. The minimum Gasteiger partial charge on any atom is -0.423 e. The second kappa shape index (κ2) is 3.76. The largest absolute Gasteiger partial charge is 0.423 e. The van der Waals surface area contributed by atoms with Gasteiger partial charge in [0.25, 0.3) is 6.01 Å². The molecule has 0 spiro atoms. The molecule has 6 nitrogen and oxygen atoms in total. The van der Waals surface area contributed by atoms with Crippen molar-refractivity contribution in [3.63, 3.8) is 0 Å². The molecule has 1 aromatic carbocycles. The Morgan fingerprint density at radius 1 is 1.39 bits per heavy atom. The van der Waals surface area contributed by atoms with Crippen molar-refractivity contribution < 1.29 is 4.42 Å². The van der Waals surface area contributed by atoms with Crippen LogP contribution in [-0.2, 0) is 7.05 Å². The summed E-state index contributed by atoms with van der Waals surface area (Å²) in [5.74, 6) is 0. The van der Waals surface area contributed by atoms with Crippen molar-refractivity contribution in [1.29, 1.82) is 0 Å². The van der Waals surface area contributed by atoms with E-state index in [-0.39, 0.29) is 0 Å². The highest BCUT2D eigenvalue weighted by Gasteiger charge is 2.10. The first-order valence-electron chi connectivity index (χ1n) is 5.56. The third-order valence-corrected chi connectivity index (χ3v) is 2.71. The quantitative estimate of drug-likeness (QED) is 0.674. The normalized spacial score (nSPS) is 11.0. The topological polar surface area (TPSA) is 81.9 Å². The van der Waals surface area contributed by atoms with Crippen LogP contribution < -0.4 is 11.1 Å². The Morgan fingerprint density at radius 3 is 2.89 bits per heavy atom. The lowest BCUT2D eigenvalue weighted by Crippen LogP contribution is -1.90. The lowest BCUT2D eigenvalue weighted by Gasteiger charge is -1.96. The fourth-order valence-electron chi connectivity index (χ4n) is 1.86. The Morgan fingerprint density at radius 2 is 2.22 bits per heavy atom. The van der Waals surface area contributed by atoms with Crippen LogP contribution in [0.4, 0.5) is 17.4 Å². The predicted molar refractivity (Wildman–Crippen MR) is 69.6 cm³/mol. The number of nitrogens with one attached hydrogen (secondary N) is 1. The van der Waals surface area contributed by atoms with Gasteiger partial charge >= 0.3 is 0 Å². The molecule has 0 saturated heterocycles. The van der Waals surface area contributed by atoms with E-state index in [1.807, 2.05) is 32.3 Å². The van der Waals surface area contributed by atoms with Crippen molar-refractivity contribution in [2.45, 2.75) is 6.92 Å². The first-order chi connectivity index (χ1) is 8.63. The molecule has 0 amide bonds. The molecule has 0 radical (unpaired) electrons. The maximum Gasteiger partial charge on any atom is 0.300 e. The number of aromatic nitrogens is 3. The molecule has 3 N–H and O–H groups in total. The van der Waals surface area contributed by atoms with Crippen molar-refractivity contribution in [2.75, 3.05) is 11.1 Å². The standard InChI is InChI=1S/C12H13N5O/c1-7-9(6-17(2)16-7)14-12-15-11-8(13)4-3-5-10(11)18-12/h3-6H,13H2,1-2H3,(H,14,15). The molecule has 0 atom stereocenters. The third kappa shape index (κ3) is 1.67. The lowest BCUT2D eigenvalue weighted by molar-refractivity contribution is 0.623. The average Bonchev–Trinajstić information content (AvgIpc) is 2.84. The molecule has 0 aliphatic carbocycles. The van der Waals surface area contributed by atoms with Crippen molar-refractivity contribution >= 4 is 28.5 Å². The molecular weight excluding hydrogens is 230 g/mol. The number of fused-ring (bicyclic) bond motifs is 1. The number of nitrogens with two attached hydrogens (primary N) is 1. The average molecular weight is 243 g/mol. The molecule has 2 aromatic heterocycles. The van der Waals surface area contributed by atoms with Crippen LogP contribution in [0.2, 0.25) is 0 Å². The SMILES string of the molecule is Cc1nn(C)cc1Nc1nc2c(N)cccc2o1. The Labute approximate surface area is 103 Å². The fraction of sp³-hybridized carbons (Fsp3) is 0.167. The second-order valence-corrected chi connectivity index (χ2v) is 4.14. The second-order valence-electron chi connectivity index (χ2n) is 4.14. The molecule has 18 heavy (non-hydrogen) atoms. The summed E-state index contributed by atoms with van der Waals surface area (Å²) in [5, 5.41) is 7.33. The van der Waals surface area contributed by atoms with Crippen LogP contribution in [0.1, 0.15) is 5.69 Å². The van der Waals surface area contributed by atoms with Gasteiger partial charge < -0.3 is 15.5 Å². The highest BCUT2D eigenvalue weighted by atomic mass is 16.4. The Bertz CT molecular complexity index is 712. The van der Waals surface area contributed by atoms with Gasteiger partial charge in [-0.3, -0.25) is 4.68 Å². The third-order valence-electron chi connectivity index (χ3n) is 2.71. The van der Waals surface area contributed by atoms with E-state index in [0.717, 1.165) is 11.4 Å². The molecule has 0 saturated carbocycles. The zero-order valence-electron chi connectivity index (χ0n) is 10.1.